The van der Waals surface area contributed by atoms with Crippen LogP contribution < -0.4 is 10.1 Å². The van der Waals surface area contributed by atoms with Gasteiger partial charge in [-0.05, 0) is 37.1 Å². The molecule has 29 heavy (non-hydrogen) atoms. The maximum Gasteiger partial charge on any atom is 0.278 e. The quantitative estimate of drug-likeness (QED) is 0.386. The molecule has 2 saturated carbocycles. The first kappa shape index (κ1) is 19.2. The maximum absolute atomic E-state index is 12.6. The minimum atomic E-state index is -0.520. The molecule has 1 N–H and O–H groups in total. The van der Waals surface area contributed by atoms with Crippen molar-refractivity contribution in [3.63, 3.8) is 0 Å². The Bertz CT molecular complexity index is 956. The minimum absolute atomic E-state index is 0.159. The molecule has 2 aliphatic carbocycles. The van der Waals surface area contributed by atoms with Gasteiger partial charge in [0.1, 0.15) is 5.69 Å². The topological polar surface area (TPSA) is 139 Å². The molecule has 0 spiro atoms. The van der Waals surface area contributed by atoms with Crippen LogP contribution in [0.3, 0.4) is 0 Å². The number of ether oxygens (including phenoxy) is 1. The number of nitrogens with one attached hydrogen (secondary N) is 1. The number of nitrogens with zero attached hydrogens (tertiary/aromatic N) is 6. The molecule has 2 fully saturated rings. The molecule has 0 aromatic carbocycles. The smallest absolute Gasteiger partial charge is 0.278 e. The molecule has 2 aromatic rings. The van der Waals surface area contributed by atoms with Gasteiger partial charge in [-0.25, -0.2) is 4.98 Å². The maximum atomic E-state index is 12.6. The lowest BCUT2D eigenvalue weighted by atomic mass is 9.90. The first-order chi connectivity index (χ1) is 14.0. The van der Waals surface area contributed by atoms with Gasteiger partial charge in [0.05, 0.1) is 18.5 Å². The number of aromatic nitrogens is 3. The fourth-order valence-electron chi connectivity index (χ4n) is 2.83. The number of amides is 1. The molecule has 152 valence electrons. The summed E-state index contributed by atoms with van der Waals surface area (Å²) in [5, 5.41) is 10.2. The summed E-state index contributed by atoms with van der Waals surface area (Å²) in [5.41, 5.74) is 9.56. The van der Waals surface area contributed by atoms with Crippen LogP contribution in [-0.4, -0.2) is 34.2 Å². The van der Waals surface area contributed by atoms with E-state index in [-0.39, 0.29) is 18.1 Å². The fourth-order valence-corrected chi connectivity index (χ4v) is 2.83. The summed E-state index contributed by atoms with van der Waals surface area (Å²) in [6.07, 6.45) is 5.97. The van der Waals surface area contributed by atoms with Crippen LogP contribution in [0.25, 0.3) is 10.4 Å². The van der Waals surface area contributed by atoms with Crippen LogP contribution in [0.2, 0.25) is 0 Å². The molecule has 0 aliphatic heterocycles. The van der Waals surface area contributed by atoms with E-state index in [9.17, 15) is 4.79 Å². The molecule has 2 aliphatic rings. The molecule has 2 heterocycles. The van der Waals surface area contributed by atoms with Gasteiger partial charge in [0.2, 0.25) is 11.8 Å². The molecule has 0 radical (unpaired) electrons. The summed E-state index contributed by atoms with van der Waals surface area (Å²) in [7, 11) is 0. The molecule has 1 amide bonds. The molecule has 0 bridgehead atoms. The third-order valence-electron chi connectivity index (χ3n) is 5.09. The molecule has 2 aromatic heterocycles. The van der Waals surface area contributed by atoms with Crippen molar-refractivity contribution in [1.29, 1.82) is 0 Å². The molecule has 0 unspecified atom stereocenters. The Kier molecular flexibility index (Phi) is 5.10. The van der Waals surface area contributed by atoms with Gasteiger partial charge in [-0.2, -0.15) is 0 Å². The summed E-state index contributed by atoms with van der Waals surface area (Å²) in [5.74, 6) is 1.16. The van der Waals surface area contributed by atoms with Crippen molar-refractivity contribution in [2.24, 2.45) is 11.0 Å². The minimum Gasteiger partial charge on any atom is -0.476 e. The highest BCUT2D eigenvalue weighted by molar-refractivity contribution is 6.02. The number of rotatable bonds is 9. The van der Waals surface area contributed by atoms with Crippen molar-refractivity contribution in [3.8, 4) is 5.88 Å². The average Bonchev–Trinajstić information content (AvgIpc) is 3.63. The fraction of sp³-hybridized carbons (Fsp3) is 0.579. The lowest BCUT2D eigenvalue weighted by Gasteiger charge is -2.17. The third-order valence-corrected chi connectivity index (χ3v) is 5.09. The molecule has 10 heteroatoms. The highest BCUT2D eigenvalue weighted by Crippen LogP contribution is 2.43. The number of azide groups is 1. The Morgan fingerprint density at radius 2 is 2.21 bits per heavy atom. The van der Waals surface area contributed by atoms with Crippen LogP contribution in [0.1, 0.15) is 67.3 Å². The van der Waals surface area contributed by atoms with E-state index in [1.807, 2.05) is 13.8 Å². The van der Waals surface area contributed by atoms with Crippen LogP contribution in [0.5, 0.6) is 5.88 Å². The van der Waals surface area contributed by atoms with E-state index >= 15 is 0 Å². The van der Waals surface area contributed by atoms with E-state index in [2.05, 4.69) is 30.5 Å². The van der Waals surface area contributed by atoms with E-state index in [1.165, 1.54) is 19.0 Å². The van der Waals surface area contributed by atoms with Crippen LogP contribution in [0.15, 0.2) is 21.9 Å². The zero-order chi connectivity index (χ0) is 20.4. The average molecular weight is 397 g/mol. The van der Waals surface area contributed by atoms with Crippen molar-refractivity contribution in [3.05, 3.63) is 39.8 Å². The summed E-state index contributed by atoms with van der Waals surface area (Å²) in [6, 6.07) is 1.61. The molecule has 4 rings (SSSR count). The van der Waals surface area contributed by atoms with Gasteiger partial charge >= 0.3 is 0 Å². The van der Waals surface area contributed by atoms with E-state index in [0.717, 1.165) is 18.5 Å². The van der Waals surface area contributed by atoms with Crippen molar-refractivity contribution in [2.45, 2.75) is 50.9 Å². The molecule has 0 saturated heterocycles. The Hall–Kier alpha value is -3.13. The van der Waals surface area contributed by atoms with Crippen LogP contribution in [0.4, 0.5) is 5.88 Å². The van der Waals surface area contributed by atoms with E-state index in [0.29, 0.717) is 30.0 Å². The SMILES string of the molecule is CC(C)(CN=[N+]=[N-])c1cc(NC(=O)c2cnc(C3CC3)c(OCC3CC3)n2)on1. The second kappa shape index (κ2) is 7.71. The van der Waals surface area contributed by atoms with Crippen molar-refractivity contribution in [1.82, 2.24) is 15.1 Å². The lowest BCUT2D eigenvalue weighted by molar-refractivity contribution is 0.101. The standard InChI is InChI=1S/C19H23N7O3/c1-19(2,10-22-26-20)14-7-15(29-25-14)24-17(27)13-8-21-16(12-5-6-12)18(23-13)28-9-11-3-4-11/h7-8,11-12H,3-6,9-10H2,1-2H3,(H,24,27). The summed E-state index contributed by atoms with van der Waals surface area (Å²) in [4.78, 5) is 24.2. The highest BCUT2D eigenvalue weighted by Gasteiger charge is 2.31. The number of anilines is 1. The zero-order valence-corrected chi connectivity index (χ0v) is 16.5. The van der Waals surface area contributed by atoms with Crippen LogP contribution >= 0.6 is 0 Å². The number of carbonyl (C=O) groups excluding carboxylic acids is 1. The van der Waals surface area contributed by atoms with Gasteiger partial charge in [0, 0.05) is 28.9 Å². The van der Waals surface area contributed by atoms with Gasteiger partial charge in [0.15, 0.2) is 5.69 Å². The molecular weight excluding hydrogens is 374 g/mol. The first-order valence-corrected chi connectivity index (χ1v) is 9.75. The van der Waals surface area contributed by atoms with E-state index in [1.54, 1.807) is 6.07 Å². The Morgan fingerprint density at radius 3 is 2.90 bits per heavy atom. The van der Waals surface area contributed by atoms with E-state index < -0.39 is 11.3 Å². The molecule has 0 atom stereocenters. The van der Waals surface area contributed by atoms with Gasteiger partial charge in [0.25, 0.3) is 5.91 Å². The second-order valence-electron chi connectivity index (χ2n) is 8.28. The van der Waals surface area contributed by atoms with Crippen molar-refractivity contribution >= 4 is 11.8 Å². The largest absolute Gasteiger partial charge is 0.476 e. The van der Waals surface area contributed by atoms with Gasteiger partial charge in [-0.1, -0.05) is 24.1 Å². The number of hydrogen-bond donors (Lipinski definition) is 1. The van der Waals surface area contributed by atoms with Crippen LogP contribution in [0, 0.1) is 5.92 Å². The normalized spacial score (nSPS) is 16.2. The Labute approximate surface area is 167 Å². The number of hydrogen-bond acceptors (Lipinski definition) is 7. The third kappa shape index (κ3) is 4.65. The lowest BCUT2D eigenvalue weighted by Crippen LogP contribution is -2.21. The van der Waals surface area contributed by atoms with Gasteiger partial charge in [-0.3, -0.25) is 15.1 Å². The highest BCUT2D eigenvalue weighted by atomic mass is 16.5. The summed E-state index contributed by atoms with van der Waals surface area (Å²) in [6.45, 7) is 4.58. The predicted octanol–water partition coefficient (Wildman–Crippen LogP) is 3.97. The van der Waals surface area contributed by atoms with Gasteiger partial charge < -0.3 is 9.26 Å². The number of carbonyl (C=O) groups is 1. The molecular formula is C19H23N7O3. The van der Waals surface area contributed by atoms with E-state index in [4.69, 9.17) is 14.8 Å². The van der Waals surface area contributed by atoms with Gasteiger partial charge in [-0.15, -0.1) is 0 Å². The van der Waals surface area contributed by atoms with Crippen molar-refractivity contribution < 1.29 is 14.1 Å². The Morgan fingerprint density at radius 1 is 1.41 bits per heavy atom. The monoisotopic (exact) mass is 397 g/mol. The predicted molar refractivity (Wildman–Crippen MR) is 104 cm³/mol. The second-order valence-corrected chi connectivity index (χ2v) is 8.28. The summed E-state index contributed by atoms with van der Waals surface area (Å²) >= 11 is 0. The van der Waals surface area contributed by atoms with Crippen LogP contribution in [-0.2, 0) is 5.41 Å². The summed E-state index contributed by atoms with van der Waals surface area (Å²) < 4.78 is 11.1. The Balaban J connectivity index is 1.46. The first-order valence-electron chi connectivity index (χ1n) is 9.75. The van der Waals surface area contributed by atoms with Crippen molar-refractivity contribution in [2.75, 3.05) is 18.5 Å². The zero-order valence-electron chi connectivity index (χ0n) is 16.5. The molecule has 10 nitrogen and oxygen atoms in total.